The van der Waals surface area contributed by atoms with Gasteiger partial charge in [-0.2, -0.15) is 4.99 Å². The van der Waals surface area contributed by atoms with Crippen molar-refractivity contribution in [1.82, 2.24) is 4.57 Å². The Bertz CT molecular complexity index is 1140. The molecule has 2 aromatic carbocycles. The summed E-state index contributed by atoms with van der Waals surface area (Å²) >= 11 is 1.34. The van der Waals surface area contributed by atoms with Gasteiger partial charge in [-0.3, -0.25) is 9.36 Å². The van der Waals surface area contributed by atoms with Gasteiger partial charge in [0.15, 0.2) is 4.80 Å². The molecule has 0 fully saturated rings. The number of aromatic nitrogens is 1. The van der Waals surface area contributed by atoms with Crippen LogP contribution in [0.3, 0.4) is 0 Å². The second-order valence-electron chi connectivity index (χ2n) is 5.82. The van der Waals surface area contributed by atoms with E-state index in [0.717, 1.165) is 11.3 Å². The summed E-state index contributed by atoms with van der Waals surface area (Å²) in [7, 11) is -3.75. The minimum absolute atomic E-state index is 0.0315. The molecule has 0 aliphatic carbocycles. The number of hydrogen-bond acceptors (Lipinski definition) is 4. The van der Waals surface area contributed by atoms with Crippen LogP contribution in [0.1, 0.15) is 21.6 Å². The van der Waals surface area contributed by atoms with E-state index >= 15 is 0 Å². The molecule has 0 spiro atoms. The van der Waals surface area contributed by atoms with E-state index in [2.05, 4.69) is 4.99 Å². The van der Waals surface area contributed by atoms with E-state index < -0.39 is 10.0 Å². The molecule has 0 aliphatic rings. The molecule has 0 radical (unpaired) electrons. The summed E-state index contributed by atoms with van der Waals surface area (Å²) in [5.74, 6) is -0.328. The van der Waals surface area contributed by atoms with Crippen LogP contribution in [-0.4, -0.2) is 18.9 Å². The van der Waals surface area contributed by atoms with Crippen LogP contribution in [0.5, 0.6) is 0 Å². The highest BCUT2D eigenvalue weighted by Gasteiger charge is 2.11. The van der Waals surface area contributed by atoms with Crippen LogP contribution < -0.4 is 9.94 Å². The SMILES string of the molecule is Cc1cccc(C(=O)N=c2scc(C)n2-c2ccc(S(N)(=O)=O)cc2)c1. The number of amides is 1. The molecule has 6 nitrogen and oxygen atoms in total. The van der Waals surface area contributed by atoms with E-state index in [0.29, 0.717) is 16.1 Å². The Hall–Kier alpha value is -2.55. The van der Waals surface area contributed by atoms with Gasteiger partial charge in [0, 0.05) is 22.3 Å². The summed E-state index contributed by atoms with van der Waals surface area (Å²) < 4.78 is 24.6. The van der Waals surface area contributed by atoms with Crippen molar-refractivity contribution < 1.29 is 13.2 Å². The van der Waals surface area contributed by atoms with Crippen molar-refractivity contribution in [1.29, 1.82) is 0 Å². The van der Waals surface area contributed by atoms with Crippen LogP contribution in [0, 0.1) is 13.8 Å². The van der Waals surface area contributed by atoms with Gasteiger partial charge in [-0.15, -0.1) is 11.3 Å². The standard InChI is InChI=1S/C18H17N3O3S2/c1-12-4-3-5-14(10-12)17(22)20-18-21(13(2)11-25-18)15-6-8-16(9-7-15)26(19,23)24/h3-11H,1-2H3,(H2,19,23,24). The molecule has 0 unspecified atom stereocenters. The largest absolute Gasteiger partial charge is 0.290 e. The maximum absolute atomic E-state index is 12.5. The van der Waals surface area contributed by atoms with Crippen LogP contribution in [0.2, 0.25) is 0 Å². The topological polar surface area (TPSA) is 94.5 Å². The Morgan fingerprint density at radius 1 is 1.12 bits per heavy atom. The zero-order valence-corrected chi connectivity index (χ0v) is 15.8. The second kappa shape index (κ2) is 6.99. The molecule has 1 heterocycles. The monoisotopic (exact) mass is 387 g/mol. The fraction of sp³-hybridized carbons (Fsp3) is 0.111. The first-order valence-corrected chi connectivity index (χ1v) is 10.1. The van der Waals surface area contributed by atoms with Crippen LogP contribution >= 0.6 is 11.3 Å². The van der Waals surface area contributed by atoms with E-state index in [1.807, 2.05) is 31.4 Å². The van der Waals surface area contributed by atoms with E-state index in [9.17, 15) is 13.2 Å². The second-order valence-corrected chi connectivity index (χ2v) is 8.22. The minimum Gasteiger partial charge on any atom is -0.290 e. The third-order valence-corrected chi connectivity index (χ3v) is 5.64. The normalized spacial score (nSPS) is 12.3. The molecule has 2 N–H and O–H groups in total. The lowest BCUT2D eigenvalue weighted by Crippen LogP contribution is -2.17. The van der Waals surface area contributed by atoms with Gasteiger partial charge in [0.2, 0.25) is 10.0 Å². The van der Waals surface area contributed by atoms with Crippen molar-refractivity contribution >= 4 is 27.3 Å². The Morgan fingerprint density at radius 3 is 2.42 bits per heavy atom. The van der Waals surface area contributed by atoms with Crippen LogP contribution in [0.25, 0.3) is 5.69 Å². The maximum atomic E-state index is 12.5. The highest BCUT2D eigenvalue weighted by molar-refractivity contribution is 7.89. The fourth-order valence-electron chi connectivity index (χ4n) is 2.50. The number of thiazole rings is 1. The lowest BCUT2D eigenvalue weighted by molar-refractivity contribution is 0.0998. The van der Waals surface area contributed by atoms with Crippen molar-refractivity contribution in [2.24, 2.45) is 10.1 Å². The van der Waals surface area contributed by atoms with Gasteiger partial charge < -0.3 is 0 Å². The van der Waals surface area contributed by atoms with Crippen molar-refractivity contribution in [2.75, 3.05) is 0 Å². The highest BCUT2D eigenvalue weighted by Crippen LogP contribution is 2.15. The maximum Gasteiger partial charge on any atom is 0.279 e. The number of nitrogens with two attached hydrogens (primary N) is 1. The minimum atomic E-state index is -3.75. The molecule has 0 saturated carbocycles. The first-order chi connectivity index (χ1) is 12.3. The average Bonchev–Trinajstić information content (AvgIpc) is 2.94. The van der Waals surface area contributed by atoms with E-state index in [1.54, 1.807) is 28.8 Å². The predicted molar refractivity (Wildman–Crippen MR) is 101 cm³/mol. The van der Waals surface area contributed by atoms with Crippen molar-refractivity contribution in [3.05, 3.63) is 75.5 Å². The number of carbonyl (C=O) groups is 1. The van der Waals surface area contributed by atoms with Gasteiger partial charge in [-0.25, -0.2) is 13.6 Å². The summed E-state index contributed by atoms with van der Waals surface area (Å²) in [5, 5.41) is 7.02. The zero-order chi connectivity index (χ0) is 18.9. The molecule has 26 heavy (non-hydrogen) atoms. The Morgan fingerprint density at radius 2 is 1.81 bits per heavy atom. The van der Waals surface area contributed by atoms with Gasteiger partial charge in [-0.05, 0) is 50.2 Å². The van der Waals surface area contributed by atoms with Crippen LogP contribution in [0.15, 0.2) is 63.8 Å². The summed E-state index contributed by atoms with van der Waals surface area (Å²) in [6, 6.07) is 13.4. The molecule has 0 saturated heterocycles. The van der Waals surface area contributed by atoms with Crippen molar-refractivity contribution in [3.8, 4) is 5.69 Å². The van der Waals surface area contributed by atoms with Crippen LogP contribution in [0.4, 0.5) is 0 Å². The number of rotatable bonds is 3. The van der Waals surface area contributed by atoms with Crippen molar-refractivity contribution in [3.63, 3.8) is 0 Å². The molecule has 134 valence electrons. The predicted octanol–water partition coefficient (Wildman–Crippen LogP) is 2.54. The molecule has 1 amide bonds. The molecule has 1 aromatic heterocycles. The molecule has 3 aromatic rings. The van der Waals surface area contributed by atoms with Gasteiger partial charge >= 0.3 is 0 Å². The summed E-state index contributed by atoms with van der Waals surface area (Å²) in [5.41, 5.74) is 3.09. The summed E-state index contributed by atoms with van der Waals surface area (Å²) in [6.07, 6.45) is 0. The fourth-order valence-corrected chi connectivity index (χ4v) is 3.89. The number of hydrogen-bond donors (Lipinski definition) is 1. The highest BCUT2D eigenvalue weighted by atomic mass is 32.2. The molecule has 8 heteroatoms. The van der Waals surface area contributed by atoms with E-state index in [-0.39, 0.29) is 10.8 Å². The van der Waals surface area contributed by atoms with E-state index in [4.69, 9.17) is 5.14 Å². The zero-order valence-electron chi connectivity index (χ0n) is 14.2. The molecule has 0 atom stereocenters. The first-order valence-electron chi connectivity index (χ1n) is 7.72. The third kappa shape index (κ3) is 3.82. The number of primary sulfonamides is 1. The average molecular weight is 387 g/mol. The Kier molecular flexibility index (Phi) is 4.90. The Balaban J connectivity index is 2.06. The molecular weight excluding hydrogens is 370 g/mol. The van der Waals surface area contributed by atoms with E-state index in [1.165, 1.54) is 23.5 Å². The third-order valence-electron chi connectivity index (χ3n) is 3.76. The summed E-state index contributed by atoms with van der Waals surface area (Å²) in [6.45, 7) is 3.81. The van der Waals surface area contributed by atoms with Gasteiger partial charge in [0.25, 0.3) is 5.91 Å². The number of carbonyl (C=O) groups excluding carboxylic acids is 1. The lowest BCUT2D eigenvalue weighted by atomic mass is 10.1. The van der Waals surface area contributed by atoms with Gasteiger partial charge in [-0.1, -0.05) is 17.7 Å². The van der Waals surface area contributed by atoms with Crippen molar-refractivity contribution in [2.45, 2.75) is 18.7 Å². The first kappa shape index (κ1) is 18.2. The molecule has 3 rings (SSSR count). The number of sulfonamides is 1. The number of aryl methyl sites for hydroxylation is 2. The number of benzene rings is 2. The molecular formula is C18H17N3O3S2. The molecule has 0 aliphatic heterocycles. The summed E-state index contributed by atoms with van der Waals surface area (Å²) in [4.78, 5) is 17.3. The van der Waals surface area contributed by atoms with Gasteiger partial charge in [0.05, 0.1) is 4.90 Å². The smallest absolute Gasteiger partial charge is 0.279 e. The number of nitrogens with zero attached hydrogens (tertiary/aromatic N) is 2. The van der Waals surface area contributed by atoms with Crippen LogP contribution in [-0.2, 0) is 10.0 Å². The lowest BCUT2D eigenvalue weighted by Gasteiger charge is -2.07. The quantitative estimate of drug-likeness (QED) is 0.748. The van der Waals surface area contributed by atoms with Gasteiger partial charge in [0.1, 0.15) is 0 Å². The molecule has 0 bridgehead atoms. The Labute approximate surface area is 155 Å².